The molecule has 0 bridgehead atoms. The molecule has 168 valence electrons. The molecule has 1 aliphatic rings. The van der Waals surface area contributed by atoms with Gasteiger partial charge in [-0.25, -0.2) is 8.42 Å². The molecule has 0 amide bonds. The number of hydrogen-bond donors (Lipinski definition) is 1. The van der Waals surface area contributed by atoms with Gasteiger partial charge < -0.3 is 4.90 Å². The van der Waals surface area contributed by atoms with Crippen molar-refractivity contribution in [2.45, 2.75) is 29.0 Å². The van der Waals surface area contributed by atoms with E-state index in [9.17, 15) is 56.3 Å². The smallest absolute Gasteiger partial charge is 0.300 e. The van der Waals surface area contributed by atoms with E-state index >= 15 is 0 Å². The molecule has 0 unspecified atom stereocenters. The highest BCUT2D eigenvalue weighted by Crippen LogP contribution is 2.51. The van der Waals surface area contributed by atoms with Gasteiger partial charge in [-0.3, -0.25) is 4.55 Å². The van der Waals surface area contributed by atoms with Crippen LogP contribution in [0.3, 0.4) is 0 Å². The molecule has 0 saturated carbocycles. The zero-order valence-electron chi connectivity index (χ0n) is 13.4. The monoisotopic (exact) mass is 476 g/mol. The van der Waals surface area contributed by atoms with Crippen LogP contribution in [0.1, 0.15) is 6.42 Å². The number of rotatable bonds is 7. The van der Waals surface area contributed by atoms with Gasteiger partial charge >= 0.3 is 32.7 Å². The van der Waals surface area contributed by atoms with Gasteiger partial charge in [0.25, 0.3) is 10.0 Å². The topological polar surface area (TPSA) is 95.0 Å². The Morgan fingerprint density at radius 2 is 1.18 bits per heavy atom. The number of sulfonamides is 1. The van der Waals surface area contributed by atoms with Gasteiger partial charge in [0.15, 0.2) is 0 Å². The molecule has 1 N–H and O–H groups in total. The first-order valence-electron chi connectivity index (χ1n) is 7.08. The lowest BCUT2D eigenvalue weighted by Gasteiger charge is -2.38. The lowest BCUT2D eigenvalue weighted by molar-refractivity contribution is -0.247. The second kappa shape index (κ2) is 7.44. The van der Waals surface area contributed by atoms with Crippen LogP contribution >= 0.6 is 0 Å². The summed E-state index contributed by atoms with van der Waals surface area (Å²) < 4.78 is 169. The fraction of sp³-hybridized carbons (Fsp3) is 1.00. The summed E-state index contributed by atoms with van der Waals surface area (Å²) in [6, 6.07) is 0. The van der Waals surface area contributed by atoms with E-state index in [-0.39, 0.29) is 4.31 Å². The van der Waals surface area contributed by atoms with Crippen LogP contribution in [0, 0.1) is 0 Å². The first kappa shape index (κ1) is 25.2. The van der Waals surface area contributed by atoms with Crippen molar-refractivity contribution in [1.82, 2.24) is 9.21 Å². The lowest BCUT2D eigenvalue weighted by atomic mass is 10.3. The predicted octanol–water partition coefficient (Wildman–Crippen LogP) is 1.59. The Kier molecular flexibility index (Phi) is 6.69. The third-order valence-electron chi connectivity index (χ3n) is 3.76. The van der Waals surface area contributed by atoms with Crippen LogP contribution in [0.2, 0.25) is 0 Å². The highest BCUT2D eigenvalue weighted by Gasteiger charge is 2.82. The minimum absolute atomic E-state index is 0.370. The molecule has 1 fully saturated rings. The van der Waals surface area contributed by atoms with Crippen LogP contribution in [0.4, 0.5) is 39.5 Å². The highest BCUT2D eigenvalue weighted by atomic mass is 32.2. The van der Waals surface area contributed by atoms with Gasteiger partial charge in [-0.1, -0.05) is 0 Å². The quantitative estimate of drug-likeness (QED) is 0.443. The van der Waals surface area contributed by atoms with Crippen LogP contribution in [0.25, 0.3) is 0 Å². The summed E-state index contributed by atoms with van der Waals surface area (Å²) in [7, 11) is -13.7. The van der Waals surface area contributed by atoms with Crippen LogP contribution in [0.5, 0.6) is 0 Å². The molecule has 18 heteroatoms. The molecule has 0 aromatic carbocycles. The molecular weight excluding hydrogens is 463 g/mol. The van der Waals surface area contributed by atoms with Gasteiger partial charge in [-0.05, 0) is 0 Å². The minimum atomic E-state index is -7.13. The number of hydrogen-bond acceptors (Lipinski definition) is 5. The third kappa shape index (κ3) is 4.49. The fourth-order valence-electron chi connectivity index (χ4n) is 2.13. The average Bonchev–Trinajstić information content (AvgIpc) is 2.51. The number of nitrogens with zero attached hydrogens (tertiary/aromatic N) is 2. The summed E-state index contributed by atoms with van der Waals surface area (Å²) in [5, 5.41) is -13.5. The maximum absolute atomic E-state index is 13.8. The van der Waals surface area contributed by atoms with Crippen LogP contribution in [-0.2, 0) is 20.1 Å². The number of halogens is 9. The molecule has 1 aliphatic heterocycles. The van der Waals surface area contributed by atoms with E-state index in [0.29, 0.717) is 0 Å². The Bertz CT molecular complexity index is 774. The van der Waals surface area contributed by atoms with Crippen molar-refractivity contribution < 1.29 is 60.9 Å². The van der Waals surface area contributed by atoms with E-state index in [1.54, 1.807) is 0 Å². The van der Waals surface area contributed by atoms with Crippen molar-refractivity contribution in [3.63, 3.8) is 0 Å². The largest absolute Gasteiger partial charge is 0.439 e. The Balaban J connectivity index is 3.04. The third-order valence-corrected chi connectivity index (χ3v) is 6.62. The van der Waals surface area contributed by atoms with Crippen molar-refractivity contribution in [1.29, 1.82) is 0 Å². The van der Waals surface area contributed by atoms with Gasteiger partial charge in [-0.2, -0.15) is 52.2 Å². The Labute approximate surface area is 152 Å². The van der Waals surface area contributed by atoms with E-state index in [1.165, 1.54) is 0 Å². The molecule has 0 spiro atoms. The van der Waals surface area contributed by atoms with Crippen LogP contribution in [0.15, 0.2) is 0 Å². The van der Waals surface area contributed by atoms with Crippen molar-refractivity contribution in [2.75, 3.05) is 32.7 Å². The average molecular weight is 476 g/mol. The molecule has 0 radical (unpaired) electrons. The molecule has 1 heterocycles. The first-order chi connectivity index (χ1) is 12.2. The summed E-state index contributed by atoms with van der Waals surface area (Å²) in [5.74, 6) is -7.06. The summed E-state index contributed by atoms with van der Waals surface area (Å²) in [4.78, 5) is 0.975. The second-order valence-corrected chi connectivity index (χ2v) is 9.14. The molecular formula is C10H13F9N2O5S2. The molecule has 1 saturated heterocycles. The molecule has 0 aliphatic carbocycles. The molecule has 7 nitrogen and oxygen atoms in total. The standard InChI is InChI=1S/C10H13F9N2O5S2/c11-7(12,13)1-2-20-3-5-21(6-4-20)27(22,23)9(16,17)8(14,15)10(18,19)28(24,25)26/h1-6H2,(H,24,25,26). The summed E-state index contributed by atoms with van der Waals surface area (Å²) in [6.45, 7) is -3.94. The van der Waals surface area contributed by atoms with E-state index in [2.05, 4.69) is 0 Å². The number of alkyl halides is 9. The summed E-state index contributed by atoms with van der Waals surface area (Å²) in [6.07, 6.45) is -5.89. The van der Waals surface area contributed by atoms with E-state index < -0.39 is 81.9 Å². The molecule has 0 aromatic heterocycles. The van der Waals surface area contributed by atoms with E-state index in [4.69, 9.17) is 4.55 Å². The summed E-state index contributed by atoms with van der Waals surface area (Å²) in [5.41, 5.74) is 0. The maximum atomic E-state index is 13.8. The minimum Gasteiger partial charge on any atom is -0.300 e. The van der Waals surface area contributed by atoms with Crippen molar-refractivity contribution in [3.8, 4) is 0 Å². The normalized spacial score (nSPS) is 19.8. The van der Waals surface area contributed by atoms with Gasteiger partial charge in [0, 0.05) is 32.7 Å². The SMILES string of the molecule is O=S(=O)(O)C(F)(F)C(F)(F)C(F)(F)S(=O)(=O)N1CCN(CCC(F)(F)F)CC1. The van der Waals surface area contributed by atoms with Gasteiger partial charge in [0.05, 0.1) is 6.42 Å². The van der Waals surface area contributed by atoms with Gasteiger partial charge in [0.2, 0.25) is 0 Å². The molecule has 0 atom stereocenters. The Hall–Kier alpha value is -0.850. The maximum Gasteiger partial charge on any atom is 0.439 e. The zero-order chi connectivity index (χ0) is 22.4. The van der Waals surface area contributed by atoms with Crippen LogP contribution < -0.4 is 0 Å². The van der Waals surface area contributed by atoms with Gasteiger partial charge in [0.1, 0.15) is 0 Å². The molecule has 28 heavy (non-hydrogen) atoms. The first-order valence-corrected chi connectivity index (χ1v) is 9.96. The zero-order valence-corrected chi connectivity index (χ0v) is 15.1. The lowest BCUT2D eigenvalue weighted by Crippen LogP contribution is -2.64. The van der Waals surface area contributed by atoms with Crippen molar-refractivity contribution in [3.05, 3.63) is 0 Å². The molecule has 0 aromatic rings. The van der Waals surface area contributed by atoms with Crippen molar-refractivity contribution >= 4 is 20.1 Å². The second-order valence-electron chi connectivity index (χ2n) is 5.69. The predicted molar refractivity (Wildman–Crippen MR) is 74.0 cm³/mol. The highest BCUT2D eigenvalue weighted by molar-refractivity contribution is 7.90. The molecule has 1 rings (SSSR count). The van der Waals surface area contributed by atoms with Gasteiger partial charge in [-0.15, -0.1) is 0 Å². The van der Waals surface area contributed by atoms with Crippen molar-refractivity contribution in [2.24, 2.45) is 0 Å². The Morgan fingerprint density at radius 3 is 1.54 bits per heavy atom. The summed E-state index contributed by atoms with van der Waals surface area (Å²) >= 11 is 0. The van der Waals surface area contributed by atoms with E-state index in [0.717, 1.165) is 4.90 Å². The van der Waals surface area contributed by atoms with E-state index in [1.807, 2.05) is 0 Å². The Morgan fingerprint density at radius 1 is 0.750 bits per heavy atom. The van der Waals surface area contributed by atoms with Crippen LogP contribution in [-0.4, -0.2) is 85.9 Å². The fourth-order valence-corrected chi connectivity index (χ4v) is 4.07. The number of piperazine rings is 1.